The number of aromatic hydroxyl groups is 1. The molecule has 0 bridgehead atoms. The number of hydrogen-bond acceptors (Lipinski definition) is 7. The third kappa shape index (κ3) is 4.64. The van der Waals surface area contributed by atoms with Crippen LogP contribution in [0.25, 0.3) is 10.9 Å². The van der Waals surface area contributed by atoms with Gasteiger partial charge < -0.3 is 24.1 Å². The molecular formula is C25H29BrN4O4S. The van der Waals surface area contributed by atoms with Crippen LogP contribution in [-0.4, -0.2) is 68.3 Å². The number of esters is 1. The molecule has 35 heavy (non-hydrogen) atoms. The van der Waals surface area contributed by atoms with Gasteiger partial charge in [-0.1, -0.05) is 12.2 Å². The third-order valence-corrected chi connectivity index (χ3v) is 7.67. The average Bonchev–Trinajstić information content (AvgIpc) is 3.52. The van der Waals surface area contributed by atoms with E-state index in [4.69, 9.17) is 21.7 Å². The van der Waals surface area contributed by atoms with Crippen LogP contribution < -0.4 is 0 Å². The summed E-state index contributed by atoms with van der Waals surface area (Å²) in [6.07, 6.45) is 4.12. The predicted molar refractivity (Wildman–Crippen MR) is 140 cm³/mol. The normalized spacial score (nSPS) is 16.7. The quantitative estimate of drug-likeness (QED) is 0.239. The molecule has 1 aromatic carbocycles. The van der Waals surface area contributed by atoms with Gasteiger partial charge in [-0.25, -0.2) is 9.78 Å². The fourth-order valence-electron chi connectivity index (χ4n) is 4.83. The smallest absolute Gasteiger partial charge is 0.341 e. The van der Waals surface area contributed by atoms with Crippen molar-refractivity contribution in [3.8, 4) is 5.75 Å². The Morgan fingerprint density at radius 3 is 2.74 bits per heavy atom. The zero-order valence-corrected chi connectivity index (χ0v) is 22.3. The molecule has 5 rings (SSSR count). The molecule has 0 amide bonds. The van der Waals surface area contributed by atoms with Crippen LogP contribution >= 0.6 is 28.1 Å². The number of carbonyl (C=O) groups is 1. The summed E-state index contributed by atoms with van der Waals surface area (Å²) in [5, 5.41) is 11.9. The first-order chi connectivity index (χ1) is 16.9. The summed E-state index contributed by atoms with van der Waals surface area (Å²) in [5.74, 6) is -0.277. The molecule has 1 aliphatic heterocycles. The zero-order chi connectivity index (χ0) is 24.7. The van der Waals surface area contributed by atoms with Gasteiger partial charge >= 0.3 is 5.97 Å². The minimum atomic E-state index is -0.419. The van der Waals surface area contributed by atoms with Crippen molar-refractivity contribution in [2.75, 3.05) is 32.9 Å². The second-order valence-corrected chi connectivity index (χ2v) is 10.4. The Hall–Kier alpha value is -2.27. The summed E-state index contributed by atoms with van der Waals surface area (Å²) >= 11 is 9.54. The number of aromatic amines is 1. The molecule has 186 valence electrons. The number of benzene rings is 1. The number of thiocarbonyl (C=S) groups is 1. The van der Waals surface area contributed by atoms with Crippen molar-refractivity contribution in [3.63, 3.8) is 0 Å². The first kappa shape index (κ1) is 24.4. The zero-order valence-electron chi connectivity index (χ0n) is 19.9. The summed E-state index contributed by atoms with van der Waals surface area (Å²) in [7, 11) is 0. The first-order valence-electron chi connectivity index (χ1n) is 12.0. The standard InChI is InChI=1S/C25H29BrN4O4S/c1-3-34-25(32)22-21-16(12-29-6-8-33-9-7-29)24(31)17(26)10-19(21)30(15-4-5-15)23(22)20(35)11-18-14(2)27-13-28-18/h10,13,15,31H,3-9,11-12H2,1-2H3,(H,27,28). The number of phenolic OH excluding ortho intramolecular Hbond substituents is 1. The van der Waals surface area contributed by atoms with Gasteiger partial charge in [0.2, 0.25) is 0 Å². The summed E-state index contributed by atoms with van der Waals surface area (Å²) in [6.45, 7) is 7.31. The number of nitrogens with one attached hydrogen (secondary N) is 1. The number of ether oxygens (including phenoxy) is 2. The Morgan fingerprint density at radius 1 is 1.37 bits per heavy atom. The lowest BCUT2D eigenvalue weighted by Crippen LogP contribution is -2.35. The van der Waals surface area contributed by atoms with Crippen molar-refractivity contribution in [2.45, 2.75) is 45.7 Å². The van der Waals surface area contributed by atoms with Crippen LogP contribution in [0.2, 0.25) is 0 Å². The molecule has 2 aromatic heterocycles. The molecule has 3 heterocycles. The van der Waals surface area contributed by atoms with E-state index < -0.39 is 5.97 Å². The van der Waals surface area contributed by atoms with Crippen molar-refractivity contribution in [2.24, 2.45) is 0 Å². The molecule has 0 unspecified atom stereocenters. The number of hydrogen-bond donors (Lipinski definition) is 2. The van der Waals surface area contributed by atoms with Crippen LogP contribution in [0.4, 0.5) is 0 Å². The number of carbonyl (C=O) groups excluding carboxylic acids is 1. The topological polar surface area (TPSA) is 92.6 Å². The van der Waals surface area contributed by atoms with Crippen LogP contribution in [-0.2, 0) is 22.4 Å². The Labute approximate surface area is 217 Å². The van der Waals surface area contributed by atoms with Crippen LogP contribution in [0.15, 0.2) is 16.9 Å². The van der Waals surface area contributed by atoms with E-state index in [1.165, 1.54) is 0 Å². The van der Waals surface area contributed by atoms with Crippen molar-refractivity contribution in [3.05, 3.63) is 45.1 Å². The molecule has 1 aliphatic carbocycles. The van der Waals surface area contributed by atoms with Gasteiger partial charge in [0.15, 0.2) is 0 Å². The second-order valence-electron chi connectivity index (χ2n) is 9.09. The van der Waals surface area contributed by atoms with Gasteiger partial charge in [0.1, 0.15) is 5.75 Å². The number of aryl methyl sites for hydroxylation is 1. The fourth-order valence-corrected chi connectivity index (χ4v) is 5.63. The number of imidazole rings is 1. The molecule has 2 fully saturated rings. The van der Waals surface area contributed by atoms with E-state index in [1.54, 1.807) is 13.3 Å². The van der Waals surface area contributed by atoms with Gasteiger partial charge in [-0.15, -0.1) is 0 Å². The predicted octanol–water partition coefficient (Wildman–Crippen LogP) is 4.45. The Kier molecular flexibility index (Phi) is 6.98. The Bertz CT molecular complexity index is 1290. The maximum atomic E-state index is 13.5. The molecule has 10 heteroatoms. The fraction of sp³-hybridized carbons (Fsp3) is 0.480. The SMILES string of the molecule is CCOC(=O)c1c(C(=S)Cc2nc[nH]c2C)n(C2CC2)c2cc(Br)c(O)c(CN3CCOCC3)c12. The lowest BCUT2D eigenvalue weighted by Gasteiger charge is -2.27. The number of aromatic nitrogens is 3. The van der Waals surface area contributed by atoms with Crippen molar-refractivity contribution >= 4 is 49.9 Å². The van der Waals surface area contributed by atoms with E-state index in [-0.39, 0.29) is 18.4 Å². The highest BCUT2D eigenvalue weighted by Crippen LogP contribution is 2.46. The van der Waals surface area contributed by atoms with E-state index in [9.17, 15) is 9.90 Å². The average molecular weight is 562 g/mol. The van der Waals surface area contributed by atoms with Gasteiger partial charge in [-0.05, 0) is 48.7 Å². The summed E-state index contributed by atoms with van der Waals surface area (Å²) in [6, 6.07) is 2.15. The van der Waals surface area contributed by atoms with E-state index in [0.29, 0.717) is 52.3 Å². The Balaban J connectivity index is 1.74. The van der Waals surface area contributed by atoms with Gasteiger partial charge in [0.25, 0.3) is 0 Å². The molecule has 8 nitrogen and oxygen atoms in total. The number of phenols is 1. The van der Waals surface area contributed by atoms with Crippen molar-refractivity contribution in [1.82, 2.24) is 19.4 Å². The molecule has 1 saturated heterocycles. The minimum Gasteiger partial charge on any atom is -0.506 e. The monoisotopic (exact) mass is 560 g/mol. The number of halogens is 1. The Morgan fingerprint density at radius 2 is 2.11 bits per heavy atom. The van der Waals surface area contributed by atoms with E-state index in [2.05, 4.69) is 35.4 Å². The first-order valence-corrected chi connectivity index (χ1v) is 13.2. The molecular weight excluding hydrogens is 532 g/mol. The highest BCUT2D eigenvalue weighted by Gasteiger charge is 2.36. The summed E-state index contributed by atoms with van der Waals surface area (Å²) < 4.78 is 13.9. The molecule has 0 atom stereocenters. The lowest BCUT2D eigenvalue weighted by molar-refractivity contribution is 0.0340. The number of H-pyrrole nitrogens is 1. The van der Waals surface area contributed by atoms with Gasteiger partial charge in [0.05, 0.1) is 53.1 Å². The van der Waals surface area contributed by atoms with E-state index in [0.717, 1.165) is 48.2 Å². The number of nitrogens with zero attached hydrogens (tertiary/aromatic N) is 3. The number of fused-ring (bicyclic) bond motifs is 1. The van der Waals surface area contributed by atoms with Crippen LogP contribution in [0, 0.1) is 6.92 Å². The van der Waals surface area contributed by atoms with Crippen LogP contribution in [0.5, 0.6) is 5.75 Å². The maximum absolute atomic E-state index is 13.5. The largest absolute Gasteiger partial charge is 0.506 e. The molecule has 0 radical (unpaired) electrons. The van der Waals surface area contributed by atoms with Gasteiger partial charge in [0, 0.05) is 53.6 Å². The highest BCUT2D eigenvalue weighted by atomic mass is 79.9. The molecule has 0 spiro atoms. The molecule has 1 saturated carbocycles. The highest BCUT2D eigenvalue weighted by molar-refractivity contribution is 9.10. The third-order valence-electron chi connectivity index (χ3n) is 6.72. The van der Waals surface area contributed by atoms with Gasteiger partial charge in [-0.3, -0.25) is 4.90 Å². The molecule has 2 aliphatic rings. The lowest BCUT2D eigenvalue weighted by atomic mass is 10.0. The van der Waals surface area contributed by atoms with Crippen LogP contribution in [0.3, 0.4) is 0 Å². The van der Waals surface area contributed by atoms with Gasteiger partial charge in [-0.2, -0.15) is 0 Å². The summed E-state index contributed by atoms with van der Waals surface area (Å²) in [5.41, 5.74) is 4.55. The molecule has 3 aromatic rings. The number of morpholine rings is 1. The van der Waals surface area contributed by atoms with Crippen molar-refractivity contribution < 1.29 is 19.4 Å². The maximum Gasteiger partial charge on any atom is 0.341 e. The van der Waals surface area contributed by atoms with Crippen molar-refractivity contribution in [1.29, 1.82) is 0 Å². The molecule has 2 N–H and O–H groups in total. The minimum absolute atomic E-state index is 0.142. The van der Waals surface area contributed by atoms with E-state index in [1.807, 2.05) is 13.0 Å². The van der Waals surface area contributed by atoms with Crippen LogP contribution in [0.1, 0.15) is 58.8 Å². The number of rotatable bonds is 8. The second kappa shape index (κ2) is 10.0. The summed E-state index contributed by atoms with van der Waals surface area (Å²) in [4.78, 5) is 23.9. The van der Waals surface area contributed by atoms with E-state index >= 15 is 0 Å².